The lowest BCUT2D eigenvalue weighted by Crippen LogP contribution is -2.40. The van der Waals surface area contributed by atoms with E-state index in [1.165, 1.54) is 0 Å². The van der Waals surface area contributed by atoms with Gasteiger partial charge in [0.25, 0.3) is 0 Å². The standard InChI is InChI=1S/C12H21N5O2/c1-4-16-12(11(17(18)19)9(2)14-16)13-10-6-5-7-15(3)8-10/h10,13H,4-8H2,1-3H3. The zero-order valence-corrected chi connectivity index (χ0v) is 11.7. The Morgan fingerprint density at radius 3 is 2.89 bits per heavy atom. The number of aryl methyl sites for hydroxylation is 2. The lowest BCUT2D eigenvalue weighted by molar-refractivity contribution is -0.384. The number of piperidine rings is 1. The smallest absolute Gasteiger partial charge is 0.333 e. The van der Waals surface area contributed by atoms with Crippen molar-refractivity contribution in [2.45, 2.75) is 39.3 Å². The molecule has 0 radical (unpaired) electrons. The summed E-state index contributed by atoms with van der Waals surface area (Å²) in [6.45, 7) is 6.24. The van der Waals surface area contributed by atoms with Crippen molar-refractivity contribution < 1.29 is 4.92 Å². The minimum atomic E-state index is -0.344. The van der Waals surface area contributed by atoms with Crippen molar-refractivity contribution >= 4 is 11.5 Å². The molecular formula is C12H21N5O2. The highest BCUT2D eigenvalue weighted by Crippen LogP contribution is 2.29. The fourth-order valence-electron chi connectivity index (χ4n) is 2.64. The third-order valence-corrected chi connectivity index (χ3v) is 3.54. The van der Waals surface area contributed by atoms with Gasteiger partial charge in [-0.15, -0.1) is 0 Å². The van der Waals surface area contributed by atoms with E-state index < -0.39 is 0 Å². The maximum atomic E-state index is 11.2. The van der Waals surface area contributed by atoms with Crippen molar-refractivity contribution in [3.63, 3.8) is 0 Å². The SMILES string of the molecule is CCn1nc(C)c([N+](=O)[O-])c1NC1CCCN(C)C1. The summed E-state index contributed by atoms with van der Waals surface area (Å²) in [5.41, 5.74) is 0.577. The van der Waals surface area contributed by atoms with Gasteiger partial charge >= 0.3 is 5.69 Å². The van der Waals surface area contributed by atoms with Crippen molar-refractivity contribution in [3.8, 4) is 0 Å². The Morgan fingerprint density at radius 2 is 2.32 bits per heavy atom. The second kappa shape index (κ2) is 5.56. The fraction of sp³-hybridized carbons (Fsp3) is 0.750. The van der Waals surface area contributed by atoms with Gasteiger partial charge in [-0.2, -0.15) is 5.10 Å². The van der Waals surface area contributed by atoms with Crippen LogP contribution >= 0.6 is 0 Å². The molecule has 2 heterocycles. The van der Waals surface area contributed by atoms with Crippen LogP contribution in [-0.4, -0.2) is 45.8 Å². The van der Waals surface area contributed by atoms with E-state index in [1.54, 1.807) is 11.6 Å². The minimum Gasteiger partial charge on any atom is -0.361 e. The van der Waals surface area contributed by atoms with Crippen molar-refractivity contribution in [2.75, 3.05) is 25.5 Å². The van der Waals surface area contributed by atoms with Gasteiger partial charge in [-0.05, 0) is 40.3 Å². The molecule has 1 atom stereocenters. The van der Waals surface area contributed by atoms with Crippen molar-refractivity contribution in [1.29, 1.82) is 0 Å². The van der Waals surface area contributed by atoms with E-state index in [4.69, 9.17) is 0 Å². The van der Waals surface area contributed by atoms with E-state index in [1.807, 2.05) is 6.92 Å². The van der Waals surface area contributed by atoms with E-state index in [0.29, 0.717) is 18.1 Å². The first kappa shape index (κ1) is 13.8. The Morgan fingerprint density at radius 1 is 1.58 bits per heavy atom. The summed E-state index contributed by atoms with van der Waals surface area (Å²) in [5, 5.41) is 18.7. The highest BCUT2D eigenvalue weighted by Gasteiger charge is 2.27. The molecule has 106 valence electrons. The molecule has 7 heteroatoms. The van der Waals surface area contributed by atoms with Crippen LogP contribution in [0.25, 0.3) is 0 Å². The fourth-order valence-corrected chi connectivity index (χ4v) is 2.64. The van der Waals surface area contributed by atoms with Gasteiger partial charge in [0.15, 0.2) is 0 Å². The lowest BCUT2D eigenvalue weighted by atomic mass is 10.1. The summed E-state index contributed by atoms with van der Waals surface area (Å²) < 4.78 is 1.68. The van der Waals surface area contributed by atoms with Gasteiger partial charge in [0.05, 0.1) is 4.92 Å². The first-order chi connectivity index (χ1) is 9.02. The Hall–Kier alpha value is -1.63. The molecule has 1 aromatic heterocycles. The molecule has 1 aliphatic rings. The maximum Gasteiger partial charge on any atom is 0.333 e. The number of aromatic nitrogens is 2. The summed E-state index contributed by atoms with van der Waals surface area (Å²) in [6, 6.07) is 0.249. The van der Waals surface area contributed by atoms with Crippen LogP contribution in [0.1, 0.15) is 25.5 Å². The molecule has 0 aromatic carbocycles. The second-order valence-electron chi connectivity index (χ2n) is 5.10. The number of likely N-dealkylation sites (tertiary alicyclic amines) is 1. The summed E-state index contributed by atoms with van der Waals surface area (Å²) >= 11 is 0. The van der Waals surface area contributed by atoms with E-state index in [2.05, 4.69) is 22.4 Å². The van der Waals surface area contributed by atoms with Gasteiger partial charge in [-0.3, -0.25) is 10.1 Å². The molecule has 1 saturated heterocycles. The number of rotatable bonds is 4. The predicted molar refractivity (Wildman–Crippen MR) is 73.4 cm³/mol. The number of hydrogen-bond donors (Lipinski definition) is 1. The van der Waals surface area contributed by atoms with Crippen LogP contribution < -0.4 is 5.32 Å². The summed E-state index contributed by atoms with van der Waals surface area (Å²) in [5.74, 6) is 0.547. The van der Waals surface area contributed by atoms with E-state index in [0.717, 1.165) is 25.9 Å². The van der Waals surface area contributed by atoms with Crippen LogP contribution in [-0.2, 0) is 6.54 Å². The molecule has 0 aliphatic carbocycles. The van der Waals surface area contributed by atoms with Crippen LogP contribution in [0.15, 0.2) is 0 Å². The van der Waals surface area contributed by atoms with Gasteiger partial charge in [0, 0.05) is 19.1 Å². The predicted octanol–water partition coefficient (Wildman–Crippen LogP) is 1.63. The van der Waals surface area contributed by atoms with Gasteiger partial charge in [0.2, 0.25) is 5.82 Å². The van der Waals surface area contributed by atoms with Crippen molar-refractivity contribution in [2.24, 2.45) is 0 Å². The number of hydrogen-bond acceptors (Lipinski definition) is 5. The van der Waals surface area contributed by atoms with E-state index in [-0.39, 0.29) is 16.7 Å². The number of nitro groups is 1. The average Bonchev–Trinajstić information content (AvgIpc) is 2.65. The van der Waals surface area contributed by atoms with E-state index in [9.17, 15) is 10.1 Å². The number of nitrogens with zero attached hydrogens (tertiary/aromatic N) is 4. The van der Waals surface area contributed by atoms with E-state index >= 15 is 0 Å². The molecule has 0 saturated carbocycles. The van der Waals surface area contributed by atoms with Gasteiger partial charge in [-0.1, -0.05) is 0 Å². The Bertz CT molecular complexity index is 471. The number of anilines is 1. The second-order valence-corrected chi connectivity index (χ2v) is 5.10. The maximum absolute atomic E-state index is 11.2. The third kappa shape index (κ3) is 2.86. The first-order valence-electron chi connectivity index (χ1n) is 6.69. The molecule has 0 spiro atoms. The zero-order valence-electron chi connectivity index (χ0n) is 11.7. The van der Waals surface area contributed by atoms with Crippen LogP contribution in [0.2, 0.25) is 0 Å². The molecule has 2 rings (SSSR count). The molecule has 19 heavy (non-hydrogen) atoms. The van der Waals surface area contributed by atoms with Crippen LogP contribution in [0.4, 0.5) is 11.5 Å². The van der Waals surface area contributed by atoms with Crippen LogP contribution in [0.5, 0.6) is 0 Å². The number of nitrogens with one attached hydrogen (secondary N) is 1. The molecule has 0 amide bonds. The minimum absolute atomic E-state index is 0.107. The van der Waals surface area contributed by atoms with Crippen LogP contribution in [0.3, 0.4) is 0 Å². The molecular weight excluding hydrogens is 246 g/mol. The van der Waals surface area contributed by atoms with Gasteiger partial charge in [0.1, 0.15) is 5.69 Å². The quantitative estimate of drug-likeness (QED) is 0.662. The summed E-state index contributed by atoms with van der Waals surface area (Å²) in [4.78, 5) is 13.1. The largest absolute Gasteiger partial charge is 0.361 e. The topological polar surface area (TPSA) is 76.2 Å². The highest BCUT2D eigenvalue weighted by molar-refractivity contribution is 5.60. The van der Waals surface area contributed by atoms with Gasteiger partial charge < -0.3 is 10.2 Å². The Balaban J connectivity index is 2.25. The highest BCUT2D eigenvalue weighted by atomic mass is 16.6. The first-order valence-corrected chi connectivity index (χ1v) is 6.69. The molecule has 0 bridgehead atoms. The molecule has 1 N–H and O–H groups in total. The molecule has 1 aromatic rings. The van der Waals surface area contributed by atoms with Crippen molar-refractivity contribution in [3.05, 3.63) is 15.8 Å². The molecule has 1 aliphatic heterocycles. The van der Waals surface area contributed by atoms with Gasteiger partial charge in [-0.25, -0.2) is 4.68 Å². The van der Waals surface area contributed by atoms with Crippen molar-refractivity contribution in [1.82, 2.24) is 14.7 Å². The molecule has 1 unspecified atom stereocenters. The van der Waals surface area contributed by atoms with Crippen LogP contribution in [0, 0.1) is 17.0 Å². The molecule has 1 fully saturated rings. The Labute approximate surface area is 112 Å². The zero-order chi connectivity index (χ0) is 14.0. The lowest BCUT2D eigenvalue weighted by Gasteiger charge is -2.30. The number of likely N-dealkylation sites (N-methyl/N-ethyl adjacent to an activating group) is 1. The Kier molecular flexibility index (Phi) is 4.04. The molecule has 7 nitrogen and oxygen atoms in total. The normalized spacial score (nSPS) is 20.5. The summed E-state index contributed by atoms with van der Waals surface area (Å²) in [7, 11) is 2.07. The monoisotopic (exact) mass is 267 g/mol. The third-order valence-electron chi connectivity index (χ3n) is 3.54. The average molecular weight is 267 g/mol. The summed E-state index contributed by atoms with van der Waals surface area (Å²) in [6.07, 6.45) is 2.15.